The summed E-state index contributed by atoms with van der Waals surface area (Å²) >= 11 is 0. The van der Waals surface area contributed by atoms with Crippen LogP contribution in [0.15, 0.2) is 48.5 Å². The smallest absolute Gasteiger partial charge is 0.337 e. The first kappa shape index (κ1) is 16.5. The van der Waals surface area contributed by atoms with Crippen molar-refractivity contribution in [1.82, 2.24) is 5.32 Å². The number of carbonyl (C=O) groups excluding carboxylic acids is 2. The number of carbonyl (C=O) groups is 2. The minimum Gasteiger partial charge on any atom is -0.492 e. The van der Waals surface area contributed by atoms with E-state index in [-0.39, 0.29) is 5.91 Å². The molecular weight excluding hydrogens is 294 g/mol. The van der Waals surface area contributed by atoms with Gasteiger partial charge in [-0.25, -0.2) is 4.79 Å². The molecule has 0 aliphatic rings. The molecular formula is C18H19NO4. The van der Waals surface area contributed by atoms with Gasteiger partial charge in [0.15, 0.2) is 0 Å². The molecule has 0 unspecified atom stereocenters. The van der Waals surface area contributed by atoms with Crippen molar-refractivity contribution in [3.8, 4) is 5.75 Å². The van der Waals surface area contributed by atoms with E-state index in [0.717, 1.165) is 5.75 Å². The van der Waals surface area contributed by atoms with Gasteiger partial charge in [0, 0.05) is 5.56 Å². The van der Waals surface area contributed by atoms with Gasteiger partial charge in [-0.1, -0.05) is 17.7 Å². The van der Waals surface area contributed by atoms with E-state index in [2.05, 4.69) is 10.1 Å². The lowest BCUT2D eigenvalue weighted by Gasteiger charge is -2.08. The molecule has 2 aromatic rings. The number of amides is 1. The largest absolute Gasteiger partial charge is 0.492 e. The second-order valence-corrected chi connectivity index (χ2v) is 4.99. The number of hydrogen-bond acceptors (Lipinski definition) is 4. The molecule has 0 aliphatic carbocycles. The van der Waals surface area contributed by atoms with E-state index < -0.39 is 5.97 Å². The summed E-state index contributed by atoms with van der Waals surface area (Å²) in [5, 5.41) is 2.76. The molecule has 0 heterocycles. The van der Waals surface area contributed by atoms with Gasteiger partial charge in [-0.15, -0.1) is 0 Å². The normalized spacial score (nSPS) is 10.0. The van der Waals surface area contributed by atoms with Crippen molar-refractivity contribution >= 4 is 11.9 Å². The van der Waals surface area contributed by atoms with Crippen LogP contribution < -0.4 is 10.1 Å². The predicted molar refractivity (Wildman–Crippen MR) is 86.8 cm³/mol. The maximum absolute atomic E-state index is 12.0. The van der Waals surface area contributed by atoms with E-state index in [1.807, 2.05) is 31.2 Å². The fourth-order valence-corrected chi connectivity index (χ4v) is 1.95. The van der Waals surface area contributed by atoms with Crippen molar-refractivity contribution < 1.29 is 19.1 Å². The van der Waals surface area contributed by atoms with Crippen LogP contribution in [-0.4, -0.2) is 32.1 Å². The highest BCUT2D eigenvalue weighted by Gasteiger charge is 2.08. The minimum absolute atomic E-state index is 0.214. The number of hydrogen-bond donors (Lipinski definition) is 1. The Morgan fingerprint density at radius 2 is 1.57 bits per heavy atom. The Bertz CT molecular complexity index is 662. The van der Waals surface area contributed by atoms with Crippen LogP contribution in [0.3, 0.4) is 0 Å². The van der Waals surface area contributed by atoms with Gasteiger partial charge in [0.25, 0.3) is 5.91 Å². The standard InChI is InChI=1S/C18H19NO4/c1-13-3-9-16(10-4-13)23-12-11-19-17(20)14-5-7-15(8-6-14)18(21)22-2/h3-10H,11-12H2,1-2H3,(H,19,20). The molecule has 0 atom stereocenters. The molecule has 0 aromatic heterocycles. The molecule has 0 fully saturated rings. The Morgan fingerprint density at radius 3 is 2.17 bits per heavy atom. The monoisotopic (exact) mass is 313 g/mol. The van der Waals surface area contributed by atoms with Gasteiger partial charge in [-0.3, -0.25) is 4.79 Å². The topological polar surface area (TPSA) is 64.6 Å². The van der Waals surface area contributed by atoms with Gasteiger partial charge in [0.1, 0.15) is 12.4 Å². The van der Waals surface area contributed by atoms with Crippen LogP contribution >= 0.6 is 0 Å². The lowest BCUT2D eigenvalue weighted by Crippen LogP contribution is -2.28. The summed E-state index contributed by atoms with van der Waals surface area (Å²) in [6.45, 7) is 2.79. The molecule has 5 nitrogen and oxygen atoms in total. The maximum atomic E-state index is 12.0. The minimum atomic E-state index is -0.427. The third-order valence-electron chi connectivity index (χ3n) is 3.25. The zero-order valence-corrected chi connectivity index (χ0v) is 13.2. The number of esters is 1. The lowest BCUT2D eigenvalue weighted by molar-refractivity contribution is 0.0600. The average molecular weight is 313 g/mol. The van der Waals surface area contributed by atoms with Crippen LogP contribution in [0.1, 0.15) is 26.3 Å². The zero-order valence-electron chi connectivity index (χ0n) is 13.2. The highest BCUT2D eigenvalue weighted by atomic mass is 16.5. The molecule has 0 bridgehead atoms. The quantitative estimate of drug-likeness (QED) is 0.657. The SMILES string of the molecule is COC(=O)c1ccc(C(=O)NCCOc2ccc(C)cc2)cc1. The molecule has 0 saturated carbocycles. The molecule has 0 saturated heterocycles. The van der Waals surface area contributed by atoms with E-state index in [1.54, 1.807) is 24.3 Å². The van der Waals surface area contributed by atoms with Crippen LogP contribution in [0.5, 0.6) is 5.75 Å². The van der Waals surface area contributed by atoms with Gasteiger partial charge in [0.05, 0.1) is 19.2 Å². The first-order valence-electron chi connectivity index (χ1n) is 7.26. The van der Waals surface area contributed by atoms with Gasteiger partial charge in [0.2, 0.25) is 0 Å². The fourth-order valence-electron chi connectivity index (χ4n) is 1.95. The third-order valence-corrected chi connectivity index (χ3v) is 3.25. The van der Waals surface area contributed by atoms with Crippen molar-refractivity contribution in [3.63, 3.8) is 0 Å². The van der Waals surface area contributed by atoms with Crippen LogP contribution in [0.2, 0.25) is 0 Å². The van der Waals surface area contributed by atoms with Gasteiger partial charge >= 0.3 is 5.97 Å². The van der Waals surface area contributed by atoms with E-state index in [9.17, 15) is 9.59 Å². The number of rotatable bonds is 6. The molecule has 0 radical (unpaired) electrons. The van der Waals surface area contributed by atoms with E-state index in [1.165, 1.54) is 12.7 Å². The van der Waals surface area contributed by atoms with Gasteiger partial charge in [-0.2, -0.15) is 0 Å². The van der Waals surface area contributed by atoms with Gasteiger partial charge < -0.3 is 14.8 Å². The van der Waals surface area contributed by atoms with Crippen LogP contribution in [0.4, 0.5) is 0 Å². The number of nitrogens with one attached hydrogen (secondary N) is 1. The van der Waals surface area contributed by atoms with Crippen molar-refractivity contribution in [2.24, 2.45) is 0 Å². The predicted octanol–water partition coefficient (Wildman–Crippen LogP) is 2.59. The van der Waals surface area contributed by atoms with E-state index in [4.69, 9.17) is 4.74 Å². The molecule has 0 aliphatic heterocycles. The Morgan fingerprint density at radius 1 is 0.957 bits per heavy atom. The highest BCUT2D eigenvalue weighted by molar-refractivity contribution is 5.96. The number of methoxy groups -OCH3 is 1. The highest BCUT2D eigenvalue weighted by Crippen LogP contribution is 2.11. The molecule has 2 aromatic carbocycles. The van der Waals surface area contributed by atoms with Crippen LogP contribution in [0.25, 0.3) is 0 Å². The third kappa shape index (κ3) is 4.85. The maximum Gasteiger partial charge on any atom is 0.337 e. The van der Waals surface area contributed by atoms with E-state index >= 15 is 0 Å². The fraction of sp³-hybridized carbons (Fsp3) is 0.222. The second-order valence-electron chi connectivity index (χ2n) is 4.99. The zero-order chi connectivity index (χ0) is 16.7. The first-order valence-corrected chi connectivity index (χ1v) is 7.26. The molecule has 1 N–H and O–H groups in total. The summed E-state index contributed by atoms with van der Waals surface area (Å²) in [7, 11) is 1.32. The van der Waals surface area contributed by atoms with Crippen LogP contribution in [0, 0.1) is 6.92 Å². The molecule has 5 heteroatoms. The van der Waals surface area contributed by atoms with Crippen molar-refractivity contribution in [1.29, 1.82) is 0 Å². The number of aryl methyl sites for hydroxylation is 1. The summed E-state index contributed by atoms with van der Waals surface area (Å²) in [5.41, 5.74) is 2.06. The van der Waals surface area contributed by atoms with Gasteiger partial charge in [-0.05, 0) is 43.3 Å². The number of benzene rings is 2. The Kier molecular flexibility index (Phi) is 5.74. The van der Waals surface area contributed by atoms with E-state index in [0.29, 0.717) is 24.3 Å². The first-order chi connectivity index (χ1) is 11.1. The number of ether oxygens (including phenoxy) is 2. The average Bonchev–Trinajstić information content (AvgIpc) is 2.59. The van der Waals surface area contributed by atoms with Crippen molar-refractivity contribution in [2.75, 3.05) is 20.3 Å². The van der Waals surface area contributed by atoms with Crippen LogP contribution in [-0.2, 0) is 4.74 Å². The second kappa shape index (κ2) is 7.98. The molecule has 0 spiro atoms. The Balaban J connectivity index is 1.78. The molecule has 1 amide bonds. The molecule has 23 heavy (non-hydrogen) atoms. The summed E-state index contributed by atoms with van der Waals surface area (Å²) in [6, 6.07) is 14.0. The Labute approximate surface area is 135 Å². The molecule has 120 valence electrons. The molecule has 2 rings (SSSR count). The lowest BCUT2D eigenvalue weighted by atomic mass is 10.1. The van der Waals surface area contributed by atoms with Crippen molar-refractivity contribution in [3.05, 3.63) is 65.2 Å². The summed E-state index contributed by atoms with van der Waals surface area (Å²) < 4.78 is 10.1. The van der Waals surface area contributed by atoms with Crippen molar-refractivity contribution in [2.45, 2.75) is 6.92 Å². The summed E-state index contributed by atoms with van der Waals surface area (Å²) in [4.78, 5) is 23.3. The Hall–Kier alpha value is -2.82. The summed E-state index contributed by atoms with van der Waals surface area (Å²) in [6.07, 6.45) is 0. The summed E-state index contributed by atoms with van der Waals surface area (Å²) in [5.74, 6) is 0.129.